The Labute approximate surface area is 119 Å². The van der Waals surface area contributed by atoms with Crippen molar-refractivity contribution in [1.29, 1.82) is 0 Å². The molecule has 0 N–H and O–H groups in total. The smallest absolute Gasteiger partial charge is 0.0575 e. The number of aryl methyl sites for hydroxylation is 1. The van der Waals surface area contributed by atoms with Crippen LogP contribution >= 0.6 is 15.9 Å². The molecule has 0 aliphatic carbocycles. The molecule has 2 unspecified atom stereocenters. The molecule has 0 amide bonds. The molecule has 1 aliphatic heterocycles. The molecule has 1 nitrogen and oxygen atoms in total. The number of ether oxygens (including phenoxy) is 1. The molecule has 0 saturated carbocycles. The van der Waals surface area contributed by atoms with Crippen molar-refractivity contribution in [3.63, 3.8) is 0 Å². The highest BCUT2D eigenvalue weighted by Gasteiger charge is 2.15. The molecule has 1 fully saturated rings. The van der Waals surface area contributed by atoms with E-state index in [4.69, 9.17) is 4.74 Å². The van der Waals surface area contributed by atoms with E-state index in [1.807, 2.05) is 0 Å². The largest absolute Gasteiger partial charge is 0.378 e. The van der Waals surface area contributed by atoms with Crippen molar-refractivity contribution in [2.24, 2.45) is 0 Å². The van der Waals surface area contributed by atoms with Gasteiger partial charge in [-0.1, -0.05) is 45.8 Å². The summed E-state index contributed by atoms with van der Waals surface area (Å²) in [6.07, 6.45) is 7.88. The van der Waals surface area contributed by atoms with E-state index in [1.54, 1.807) is 0 Å². The van der Waals surface area contributed by atoms with E-state index in [-0.39, 0.29) is 0 Å². The molecule has 0 aromatic heterocycles. The van der Waals surface area contributed by atoms with Gasteiger partial charge in [0.25, 0.3) is 0 Å². The van der Waals surface area contributed by atoms with Crippen molar-refractivity contribution in [2.45, 2.75) is 56.4 Å². The second-order valence-corrected chi connectivity index (χ2v) is 6.65. The number of halogens is 1. The summed E-state index contributed by atoms with van der Waals surface area (Å²) in [5.41, 5.74) is 2.78. The minimum atomic E-state index is 0.510. The van der Waals surface area contributed by atoms with Crippen LogP contribution in [0.1, 0.15) is 43.2 Å². The maximum absolute atomic E-state index is 5.78. The number of hydrogen-bond donors (Lipinski definition) is 0. The highest BCUT2D eigenvalue weighted by atomic mass is 79.9. The van der Waals surface area contributed by atoms with E-state index >= 15 is 0 Å². The Morgan fingerprint density at radius 2 is 2.28 bits per heavy atom. The first-order chi connectivity index (χ1) is 8.74. The zero-order chi connectivity index (χ0) is 12.8. The summed E-state index contributed by atoms with van der Waals surface area (Å²) >= 11 is 3.81. The topological polar surface area (TPSA) is 9.23 Å². The first-order valence-corrected chi connectivity index (χ1v) is 7.97. The van der Waals surface area contributed by atoms with Crippen molar-refractivity contribution in [1.82, 2.24) is 0 Å². The Balaban J connectivity index is 1.72. The molecule has 1 saturated heterocycles. The van der Waals surface area contributed by atoms with Gasteiger partial charge in [0.2, 0.25) is 0 Å². The molecule has 18 heavy (non-hydrogen) atoms. The number of rotatable bonds is 5. The highest BCUT2D eigenvalue weighted by molar-refractivity contribution is 9.09. The van der Waals surface area contributed by atoms with Crippen LogP contribution in [0.2, 0.25) is 0 Å². The maximum atomic E-state index is 5.78. The molecule has 2 heteroatoms. The van der Waals surface area contributed by atoms with Gasteiger partial charge in [0.05, 0.1) is 6.10 Å². The minimum Gasteiger partial charge on any atom is -0.378 e. The minimum absolute atomic E-state index is 0.510. The zero-order valence-electron chi connectivity index (χ0n) is 11.2. The molecule has 2 atom stereocenters. The van der Waals surface area contributed by atoms with Gasteiger partial charge < -0.3 is 4.74 Å². The third kappa shape index (κ3) is 4.74. The van der Waals surface area contributed by atoms with E-state index in [0.717, 1.165) is 13.0 Å². The molecular formula is C16H23BrO. The molecule has 2 rings (SSSR count). The van der Waals surface area contributed by atoms with Crippen molar-refractivity contribution in [2.75, 3.05) is 6.61 Å². The third-order valence-corrected chi connectivity index (χ3v) is 4.40. The van der Waals surface area contributed by atoms with Gasteiger partial charge in [0.1, 0.15) is 0 Å². The summed E-state index contributed by atoms with van der Waals surface area (Å²) in [6, 6.07) is 8.81. The summed E-state index contributed by atoms with van der Waals surface area (Å²) in [4.78, 5) is 0.574. The normalized spacial score (nSPS) is 21.8. The lowest BCUT2D eigenvalue weighted by Gasteiger charge is -2.23. The average molecular weight is 311 g/mol. The highest BCUT2D eigenvalue weighted by Crippen LogP contribution is 2.22. The van der Waals surface area contributed by atoms with Gasteiger partial charge in [0.15, 0.2) is 0 Å². The molecule has 1 aliphatic rings. The van der Waals surface area contributed by atoms with Gasteiger partial charge in [-0.2, -0.15) is 0 Å². The second kappa shape index (κ2) is 7.30. The lowest BCUT2D eigenvalue weighted by molar-refractivity contribution is 0.0102. The van der Waals surface area contributed by atoms with Gasteiger partial charge >= 0.3 is 0 Å². The average Bonchev–Trinajstić information content (AvgIpc) is 2.38. The van der Waals surface area contributed by atoms with Crippen molar-refractivity contribution in [3.8, 4) is 0 Å². The molecule has 0 radical (unpaired) electrons. The first kappa shape index (κ1) is 14.1. The van der Waals surface area contributed by atoms with Crippen LogP contribution < -0.4 is 0 Å². The Morgan fingerprint density at radius 3 is 3.00 bits per heavy atom. The maximum Gasteiger partial charge on any atom is 0.0575 e. The van der Waals surface area contributed by atoms with E-state index in [9.17, 15) is 0 Å². The molecular weight excluding hydrogens is 288 g/mol. The molecule has 1 aromatic rings. The molecule has 1 heterocycles. The summed E-state index contributed by atoms with van der Waals surface area (Å²) in [7, 11) is 0. The van der Waals surface area contributed by atoms with Gasteiger partial charge in [-0.3, -0.25) is 0 Å². The van der Waals surface area contributed by atoms with Gasteiger partial charge in [-0.25, -0.2) is 0 Å². The van der Waals surface area contributed by atoms with Crippen molar-refractivity contribution in [3.05, 3.63) is 35.4 Å². The Kier molecular flexibility index (Phi) is 5.71. The fraction of sp³-hybridized carbons (Fsp3) is 0.625. The summed E-state index contributed by atoms with van der Waals surface area (Å²) in [5, 5.41) is 0. The van der Waals surface area contributed by atoms with Crippen LogP contribution in [0, 0.1) is 6.92 Å². The fourth-order valence-corrected chi connectivity index (χ4v) is 3.24. The number of alkyl halides is 1. The lowest BCUT2D eigenvalue weighted by Crippen LogP contribution is -2.20. The van der Waals surface area contributed by atoms with E-state index < -0.39 is 0 Å². The summed E-state index contributed by atoms with van der Waals surface area (Å²) in [5.74, 6) is 0. The predicted octanol–water partition coefficient (Wildman–Crippen LogP) is 4.65. The van der Waals surface area contributed by atoms with Crippen LogP contribution in [-0.2, 0) is 11.2 Å². The van der Waals surface area contributed by atoms with E-state index in [2.05, 4.69) is 47.1 Å². The van der Waals surface area contributed by atoms with Gasteiger partial charge in [0, 0.05) is 11.4 Å². The fourth-order valence-electron chi connectivity index (χ4n) is 2.60. The van der Waals surface area contributed by atoms with Crippen LogP contribution in [0.3, 0.4) is 0 Å². The van der Waals surface area contributed by atoms with E-state index in [0.29, 0.717) is 10.9 Å². The lowest BCUT2D eigenvalue weighted by atomic mass is 10.0. The zero-order valence-corrected chi connectivity index (χ0v) is 12.8. The van der Waals surface area contributed by atoms with Gasteiger partial charge in [-0.05, 0) is 51.0 Å². The third-order valence-electron chi connectivity index (χ3n) is 3.62. The van der Waals surface area contributed by atoms with Gasteiger partial charge in [-0.15, -0.1) is 0 Å². The monoisotopic (exact) mass is 310 g/mol. The Hall–Kier alpha value is -0.340. The molecule has 100 valence electrons. The van der Waals surface area contributed by atoms with Crippen LogP contribution in [0.4, 0.5) is 0 Å². The Bertz CT molecular complexity index is 358. The quantitative estimate of drug-likeness (QED) is 0.719. The van der Waals surface area contributed by atoms with Crippen molar-refractivity contribution >= 4 is 15.9 Å². The van der Waals surface area contributed by atoms with Crippen LogP contribution in [-0.4, -0.2) is 17.5 Å². The predicted molar refractivity (Wildman–Crippen MR) is 80.4 cm³/mol. The van der Waals surface area contributed by atoms with E-state index in [1.165, 1.54) is 43.2 Å². The summed E-state index contributed by atoms with van der Waals surface area (Å²) < 4.78 is 5.78. The second-order valence-electron chi connectivity index (χ2n) is 5.36. The van der Waals surface area contributed by atoms with Crippen molar-refractivity contribution < 1.29 is 4.74 Å². The molecule has 0 bridgehead atoms. The molecule has 1 aromatic carbocycles. The Morgan fingerprint density at radius 1 is 1.39 bits per heavy atom. The summed E-state index contributed by atoms with van der Waals surface area (Å²) in [6.45, 7) is 3.12. The van der Waals surface area contributed by atoms with Crippen LogP contribution in [0.5, 0.6) is 0 Å². The number of benzene rings is 1. The SMILES string of the molecule is Cc1cccc(CC(Br)CCC2CCCCO2)c1. The first-order valence-electron chi connectivity index (χ1n) is 7.05. The standard InChI is InChI=1S/C16H23BrO/c1-13-5-4-6-14(11-13)12-15(17)8-9-16-7-2-3-10-18-16/h4-6,11,15-16H,2-3,7-10,12H2,1H3. The molecule has 0 spiro atoms. The van der Waals surface area contributed by atoms with Crippen LogP contribution in [0.15, 0.2) is 24.3 Å². The van der Waals surface area contributed by atoms with Crippen LogP contribution in [0.25, 0.3) is 0 Å². The number of hydrogen-bond acceptors (Lipinski definition) is 1.